The highest BCUT2D eigenvalue weighted by Gasteiger charge is 1.90. The lowest BCUT2D eigenvalue weighted by atomic mass is 10.4. The minimum atomic E-state index is -0.0389. The number of hydrogen-bond acceptors (Lipinski definition) is 2. The fourth-order valence-electron chi connectivity index (χ4n) is 0.813. The molecule has 1 aromatic rings. The van der Waals surface area contributed by atoms with Gasteiger partial charge in [-0.2, -0.15) is 0 Å². The molecule has 1 N–H and O–H groups in total. The van der Waals surface area contributed by atoms with Gasteiger partial charge >= 0.3 is 0 Å². The van der Waals surface area contributed by atoms with Gasteiger partial charge in [-0.25, -0.2) is 0 Å². The minimum Gasteiger partial charge on any atom is -0.277 e. The van der Waals surface area contributed by atoms with Crippen LogP contribution >= 0.6 is 11.5 Å². The van der Waals surface area contributed by atoms with Crippen molar-refractivity contribution in [2.45, 2.75) is 6.92 Å². The van der Waals surface area contributed by atoms with E-state index in [4.69, 9.17) is 0 Å². The van der Waals surface area contributed by atoms with E-state index in [2.05, 4.69) is 11.0 Å². The lowest BCUT2D eigenvalue weighted by molar-refractivity contribution is 1.38. The summed E-state index contributed by atoms with van der Waals surface area (Å²) in [4.78, 5) is 11.0. The van der Waals surface area contributed by atoms with Crippen molar-refractivity contribution < 1.29 is 0 Å². The number of rotatable bonds is 1. The minimum absolute atomic E-state index is 0.0389. The quantitative estimate of drug-likeness (QED) is 0.637. The van der Waals surface area contributed by atoms with Gasteiger partial charge in [0.1, 0.15) is 0 Å². The molecule has 1 heterocycles. The lowest BCUT2D eigenvalue weighted by Gasteiger charge is -1.70. The van der Waals surface area contributed by atoms with E-state index in [9.17, 15) is 4.79 Å². The first-order valence-electron chi connectivity index (χ1n) is 3.26. The van der Waals surface area contributed by atoms with Crippen LogP contribution in [-0.4, -0.2) is 4.37 Å². The summed E-state index contributed by atoms with van der Waals surface area (Å²) in [6.07, 6.45) is 5.23. The first-order chi connectivity index (χ1) is 5.29. The number of aromatic nitrogens is 1. The Hall–Kier alpha value is -1.09. The predicted molar refractivity (Wildman–Crippen MR) is 49.0 cm³/mol. The largest absolute Gasteiger partial charge is 0.277 e. The Morgan fingerprint density at radius 1 is 1.64 bits per heavy atom. The Balaban J connectivity index is 3.69. The smallest absolute Gasteiger partial charge is 0.265 e. The molecule has 0 aromatic carbocycles. The summed E-state index contributed by atoms with van der Waals surface area (Å²) in [7, 11) is 0. The number of hydrogen-bond donors (Lipinski definition) is 1. The van der Waals surface area contributed by atoms with Crippen LogP contribution in [-0.2, 0) is 0 Å². The van der Waals surface area contributed by atoms with Gasteiger partial charge in [-0.05, 0) is 13.0 Å². The molecule has 1 aromatic heterocycles. The molecule has 0 aliphatic rings. The van der Waals surface area contributed by atoms with Crippen LogP contribution in [0.4, 0.5) is 0 Å². The molecule has 2 nitrogen and oxygen atoms in total. The molecule has 3 heteroatoms. The van der Waals surface area contributed by atoms with E-state index in [1.807, 2.05) is 13.0 Å². The molecular formula is C8H9NOS. The van der Waals surface area contributed by atoms with Crippen LogP contribution in [0.15, 0.2) is 17.4 Å². The molecule has 58 valence electrons. The van der Waals surface area contributed by atoms with Crippen LogP contribution in [0.2, 0.25) is 0 Å². The maximum Gasteiger partial charge on any atom is 0.265 e. The summed E-state index contributed by atoms with van der Waals surface area (Å²) in [5.74, 6) is 0. The maximum atomic E-state index is 11.0. The van der Waals surface area contributed by atoms with Crippen molar-refractivity contribution in [2.24, 2.45) is 0 Å². The zero-order valence-electron chi connectivity index (χ0n) is 6.26. The monoisotopic (exact) mass is 167 g/mol. The molecule has 0 saturated carbocycles. The number of nitrogens with one attached hydrogen (secondary N) is 1. The molecule has 0 atom stereocenters. The van der Waals surface area contributed by atoms with Crippen LogP contribution in [0, 0.1) is 0 Å². The molecule has 0 amide bonds. The molecule has 0 bridgehead atoms. The molecule has 0 aliphatic carbocycles. The summed E-state index contributed by atoms with van der Waals surface area (Å²) in [6, 6.07) is 0. The van der Waals surface area contributed by atoms with Gasteiger partial charge in [0, 0.05) is 0 Å². The number of H-pyrrole nitrogens is 1. The molecule has 11 heavy (non-hydrogen) atoms. The standard InChI is InChI=1S/C8H9NOS/c1-3-5-6-7(4-2)11-9-8(6)10/h3-5H,1H2,2H3,(H,9,10)/b6-5+,7-4+. The first-order valence-corrected chi connectivity index (χ1v) is 4.08. The third-order valence-corrected chi connectivity index (χ3v) is 2.27. The van der Waals surface area contributed by atoms with Crippen molar-refractivity contribution in [3.05, 3.63) is 32.8 Å². The van der Waals surface area contributed by atoms with E-state index >= 15 is 0 Å². The lowest BCUT2D eigenvalue weighted by Crippen LogP contribution is -2.31. The highest BCUT2D eigenvalue weighted by molar-refractivity contribution is 7.03. The van der Waals surface area contributed by atoms with Crippen molar-refractivity contribution in [1.82, 2.24) is 4.37 Å². The van der Waals surface area contributed by atoms with Crippen LogP contribution < -0.4 is 15.3 Å². The average Bonchev–Trinajstić information content (AvgIpc) is 2.34. The van der Waals surface area contributed by atoms with Crippen LogP contribution in [0.1, 0.15) is 6.92 Å². The fraction of sp³-hybridized carbons (Fsp3) is 0.125. The van der Waals surface area contributed by atoms with Gasteiger partial charge in [0.15, 0.2) is 0 Å². The fourth-order valence-corrected chi connectivity index (χ4v) is 1.51. The molecule has 1 rings (SSSR count). The van der Waals surface area contributed by atoms with E-state index in [1.54, 1.807) is 12.2 Å². The van der Waals surface area contributed by atoms with E-state index in [-0.39, 0.29) is 5.56 Å². The SMILES string of the molecule is C=C/C=c1/c(=O)[nH]s/c1=C/C. The third-order valence-electron chi connectivity index (χ3n) is 1.31. The third kappa shape index (κ3) is 1.49. The summed E-state index contributed by atoms with van der Waals surface area (Å²) >= 11 is 1.34. The summed E-state index contributed by atoms with van der Waals surface area (Å²) in [6.45, 7) is 5.44. The highest BCUT2D eigenvalue weighted by atomic mass is 32.1. The molecule has 0 radical (unpaired) electrons. The van der Waals surface area contributed by atoms with Crippen molar-refractivity contribution in [1.29, 1.82) is 0 Å². The zero-order chi connectivity index (χ0) is 8.27. The van der Waals surface area contributed by atoms with Gasteiger partial charge < -0.3 is 0 Å². The average molecular weight is 167 g/mol. The van der Waals surface area contributed by atoms with Crippen LogP contribution in [0.3, 0.4) is 0 Å². The Labute approximate surface area is 68.3 Å². The van der Waals surface area contributed by atoms with Gasteiger partial charge in [0.05, 0.1) is 9.75 Å². The highest BCUT2D eigenvalue weighted by Crippen LogP contribution is 1.68. The molecule has 0 unspecified atom stereocenters. The van der Waals surface area contributed by atoms with E-state index < -0.39 is 0 Å². The van der Waals surface area contributed by atoms with Crippen molar-refractivity contribution in [3.8, 4) is 0 Å². The van der Waals surface area contributed by atoms with Crippen LogP contribution in [0.25, 0.3) is 12.2 Å². The molecule has 0 aliphatic heterocycles. The number of aromatic amines is 1. The second-order valence-corrected chi connectivity index (χ2v) is 2.85. The second-order valence-electron chi connectivity index (χ2n) is 2.00. The van der Waals surface area contributed by atoms with Gasteiger partial charge in [0.2, 0.25) is 0 Å². The van der Waals surface area contributed by atoms with Crippen LogP contribution in [0.5, 0.6) is 0 Å². The Bertz CT molecular complexity index is 410. The van der Waals surface area contributed by atoms with Crippen molar-refractivity contribution >= 4 is 23.7 Å². The molecule has 0 spiro atoms. The summed E-state index contributed by atoms with van der Waals surface area (Å²) in [5, 5.41) is 0.701. The zero-order valence-corrected chi connectivity index (χ0v) is 7.07. The Kier molecular flexibility index (Phi) is 2.44. The molecular weight excluding hydrogens is 158 g/mol. The number of allylic oxidation sites excluding steroid dienone is 1. The Morgan fingerprint density at radius 2 is 2.36 bits per heavy atom. The van der Waals surface area contributed by atoms with Crippen molar-refractivity contribution in [3.63, 3.8) is 0 Å². The van der Waals surface area contributed by atoms with Gasteiger partial charge in [-0.1, -0.05) is 30.3 Å². The predicted octanol–water partition coefficient (Wildman–Crippen LogP) is 0.203. The normalized spacial score (nSPS) is 13.9. The van der Waals surface area contributed by atoms with Gasteiger partial charge in [-0.3, -0.25) is 9.17 Å². The Morgan fingerprint density at radius 3 is 2.91 bits per heavy atom. The second kappa shape index (κ2) is 3.34. The summed E-state index contributed by atoms with van der Waals surface area (Å²) in [5.41, 5.74) is -0.0389. The topological polar surface area (TPSA) is 32.9 Å². The van der Waals surface area contributed by atoms with E-state index in [0.717, 1.165) is 4.53 Å². The van der Waals surface area contributed by atoms with E-state index in [0.29, 0.717) is 5.22 Å². The molecule has 0 saturated heterocycles. The molecule has 0 fully saturated rings. The maximum absolute atomic E-state index is 11.0. The van der Waals surface area contributed by atoms with Gasteiger partial charge in [-0.15, -0.1) is 0 Å². The van der Waals surface area contributed by atoms with Crippen molar-refractivity contribution in [2.75, 3.05) is 0 Å². The summed E-state index contributed by atoms with van der Waals surface area (Å²) < 4.78 is 3.62. The van der Waals surface area contributed by atoms with E-state index in [1.165, 1.54) is 11.5 Å². The van der Waals surface area contributed by atoms with Gasteiger partial charge in [0.25, 0.3) is 5.56 Å². The first kappa shape index (κ1) is 8.01.